The summed E-state index contributed by atoms with van der Waals surface area (Å²) in [6.45, 7) is -0.293. The van der Waals surface area contributed by atoms with E-state index in [9.17, 15) is 23.4 Å². The molecule has 4 N–H and O–H groups in total. The summed E-state index contributed by atoms with van der Waals surface area (Å²) < 4.78 is 37.6. The molecule has 0 bridgehead atoms. The van der Waals surface area contributed by atoms with E-state index < -0.39 is 35.4 Å². The van der Waals surface area contributed by atoms with Crippen LogP contribution in [0, 0.1) is 0 Å². The normalized spacial score (nSPS) is 30.2. The lowest BCUT2D eigenvalue weighted by Gasteiger charge is -2.36. The fourth-order valence-electron chi connectivity index (χ4n) is 1.93. The van der Waals surface area contributed by atoms with E-state index in [1.807, 2.05) is 0 Å². The van der Waals surface area contributed by atoms with Crippen LogP contribution in [-0.4, -0.2) is 61.1 Å². The van der Waals surface area contributed by atoms with Gasteiger partial charge in [-0.3, -0.25) is 4.98 Å². The number of halogens is 3. The number of hydrogen-bond acceptors (Lipinski definition) is 7. The minimum atomic E-state index is -4.61. The van der Waals surface area contributed by atoms with Crippen LogP contribution in [0.5, 0.6) is 0 Å². The standard InChI is InChI=1S/C11H14F3N3O3S/c12-11(13,14)7-1-15-2-8(17-7)16-5-4-21-6(3-18)10(20)9(5)19/h1-2,5-6,9-10,18-20H,3-4H2,(H,16,17)/t5-,6+,9+,10-/m0/s1. The van der Waals surface area contributed by atoms with Gasteiger partial charge in [-0.25, -0.2) is 4.98 Å². The zero-order valence-corrected chi connectivity index (χ0v) is 11.5. The van der Waals surface area contributed by atoms with Gasteiger partial charge in [0.05, 0.1) is 36.4 Å². The second kappa shape index (κ2) is 6.34. The molecule has 10 heteroatoms. The van der Waals surface area contributed by atoms with Crippen molar-refractivity contribution in [1.82, 2.24) is 9.97 Å². The van der Waals surface area contributed by atoms with Crippen LogP contribution in [-0.2, 0) is 6.18 Å². The van der Waals surface area contributed by atoms with Crippen LogP contribution in [0.1, 0.15) is 5.69 Å². The van der Waals surface area contributed by atoms with Crippen LogP contribution < -0.4 is 5.32 Å². The van der Waals surface area contributed by atoms with Crippen molar-refractivity contribution in [3.8, 4) is 0 Å². The number of nitrogens with zero attached hydrogens (tertiary/aromatic N) is 2. The van der Waals surface area contributed by atoms with Gasteiger partial charge in [-0.1, -0.05) is 0 Å². The number of thioether (sulfide) groups is 1. The molecule has 0 aromatic carbocycles. The van der Waals surface area contributed by atoms with Crippen molar-refractivity contribution in [2.24, 2.45) is 0 Å². The smallest absolute Gasteiger partial charge is 0.395 e. The van der Waals surface area contributed by atoms with Crippen molar-refractivity contribution in [2.75, 3.05) is 17.7 Å². The molecule has 1 fully saturated rings. The molecule has 0 aliphatic carbocycles. The quantitative estimate of drug-likeness (QED) is 0.626. The van der Waals surface area contributed by atoms with Crippen LogP contribution in [0.25, 0.3) is 0 Å². The monoisotopic (exact) mass is 325 g/mol. The first-order valence-corrected chi connectivity index (χ1v) is 7.12. The van der Waals surface area contributed by atoms with Gasteiger partial charge in [0.25, 0.3) is 0 Å². The third kappa shape index (κ3) is 3.76. The Hall–Kier alpha value is -1.10. The second-order valence-corrected chi connectivity index (χ2v) is 5.85. The lowest BCUT2D eigenvalue weighted by molar-refractivity contribution is -0.141. The zero-order chi connectivity index (χ0) is 15.6. The Morgan fingerprint density at radius 3 is 2.62 bits per heavy atom. The highest BCUT2D eigenvalue weighted by molar-refractivity contribution is 8.00. The van der Waals surface area contributed by atoms with Gasteiger partial charge in [0.15, 0.2) is 5.69 Å². The van der Waals surface area contributed by atoms with Gasteiger partial charge in [0.1, 0.15) is 11.9 Å². The molecule has 0 unspecified atom stereocenters. The topological polar surface area (TPSA) is 98.5 Å². The molecule has 1 aromatic heterocycles. The summed E-state index contributed by atoms with van der Waals surface area (Å²) in [7, 11) is 0. The van der Waals surface area contributed by atoms with Crippen LogP contribution in [0.2, 0.25) is 0 Å². The van der Waals surface area contributed by atoms with E-state index in [1.165, 1.54) is 11.8 Å². The van der Waals surface area contributed by atoms with Gasteiger partial charge in [0, 0.05) is 5.75 Å². The Balaban J connectivity index is 2.08. The molecule has 6 nitrogen and oxygen atoms in total. The highest BCUT2D eigenvalue weighted by Crippen LogP contribution is 2.30. The third-order valence-corrected chi connectivity index (χ3v) is 4.48. The minimum absolute atomic E-state index is 0.135. The van der Waals surface area contributed by atoms with E-state index in [2.05, 4.69) is 15.3 Å². The Kier molecular flexibility index (Phi) is 4.91. The second-order valence-electron chi connectivity index (χ2n) is 4.57. The Morgan fingerprint density at radius 2 is 2.00 bits per heavy atom. The highest BCUT2D eigenvalue weighted by atomic mass is 32.2. The van der Waals surface area contributed by atoms with Crippen molar-refractivity contribution in [3.05, 3.63) is 18.1 Å². The van der Waals surface area contributed by atoms with Gasteiger partial charge in [-0.2, -0.15) is 24.9 Å². The lowest BCUT2D eigenvalue weighted by Crippen LogP contribution is -2.53. The van der Waals surface area contributed by atoms with E-state index in [1.54, 1.807) is 0 Å². The summed E-state index contributed by atoms with van der Waals surface area (Å²) in [6.07, 6.45) is -5.29. The predicted molar refractivity (Wildman–Crippen MR) is 69.8 cm³/mol. The summed E-state index contributed by atoms with van der Waals surface area (Å²) in [6, 6.07) is -0.689. The Bertz CT molecular complexity index is 491. The summed E-state index contributed by atoms with van der Waals surface area (Å²) in [5.74, 6) is 0.172. The minimum Gasteiger partial charge on any atom is -0.395 e. The van der Waals surface area contributed by atoms with E-state index in [4.69, 9.17) is 5.11 Å². The average Bonchev–Trinajstić information content (AvgIpc) is 2.44. The molecule has 0 amide bonds. The first-order chi connectivity index (χ1) is 9.82. The molecule has 1 aromatic rings. The number of aromatic nitrogens is 2. The molecule has 1 aliphatic heterocycles. The van der Waals surface area contributed by atoms with E-state index in [-0.39, 0.29) is 12.4 Å². The maximum absolute atomic E-state index is 12.5. The van der Waals surface area contributed by atoms with Crippen molar-refractivity contribution >= 4 is 17.6 Å². The molecule has 1 saturated heterocycles. The van der Waals surface area contributed by atoms with Crippen molar-refractivity contribution in [1.29, 1.82) is 0 Å². The van der Waals surface area contributed by atoms with Crippen molar-refractivity contribution < 1.29 is 28.5 Å². The largest absolute Gasteiger partial charge is 0.434 e. The number of anilines is 1. The number of aliphatic hydroxyl groups is 3. The number of rotatable bonds is 3. The first-order valence-electron chi connectivity index (χ1n) is 6.07. The molecule has 0 radical (unpaired) electrons. The maximum Gasteiger partial charge on any atom is 0.434 e. The average molecular weight is 325 g/mol. The van der Waals surface area contributed by atoms with E-state index in [0.29, 0.717) is 11.9 Å². The summed E-state index contributed by atoms with van der Waals surface area (Å²) in [5.41, 5.74) is -1.14. The van der Waals surface area contributed by atoms with Crippen LogP contribution >= 0.6 is 11.8 Å². The fourth-order valence-corrected chi connectivity index (χ4v) is 3.13. The van der Waals surface area contributed by atoms with E-state index in [0.717, 1.165) is 6.20 Å². The molecule has 1 aliphatic rings. The highest BCUT2D eigenvalue weighted by Gasteiger charge is 2.38. The molecule has 0 saturated carbocycles. The Morgan fingerprint density at radius 1 is 1.29 bits per heavy atom. The SMILES string of the molecule is OC[C@H]1SC[C@H](Nc2cncc(C(F)(F)F)n2)[C@@H](O)[C@H]1O. The van der Waals surface area contributed by atoms with Gasteiger partial charge >= 0.3 is 6.18 Å². The Labute approximate surface area is 122 Å². The van der Waals surface area contributed by atoms with Gasteiger partial charge in [-0.15, -0.1) is 0 Å². The zero-order valence-electron chi connectivity index (χ0n) is 10.7. The van der Waals surface area contributed by atoms with Crippen molar-refractivity contribution in [2.45, 2.75) is 29.7 Å². The number of alkyl halides is 3. The van der Waals surface area contributed by atoms with Crippen LogP contribution in [0.15, 0.2) is 12.4 Å². The van der Waals surface area contributed by atoms with Crippen molar-refractivity contribution in [3.63, 3.8) is 0 Å². The molecule has 4 atom stereocenters. The van der Waals surface area contributed by atoms with Gasteiger partial charge in [0.2, 0.25) is 0 Å². The maximum atomic E-state index is 12.5. The lowest BCUT2D eigenvalue weighted by atomic mass is 10.0. The molecule has 2 heterocycles. The third-order valence-electron chi connectivity index (χ3n) is 3.07. The summed E-state index contributed by atoms with van der Waals surface area (Å²) >= 11 is 1.22. The predicted octanol–water partition coefficient (Wildman–Crippen LogP) is 0.105. The molecule has 21 heavy (non-hydrogen) atoms. The number of aliphatic hydroxyl groups excluding tert-OH is 3. The first kappa shape index (κ1) is 16.3. The summed E-state index contributed by atoms with van der Waals surface area (Å²) in [5, 5.41) is 30.8. The molecule has 2 rings (SSSR count). The van der Waals surface area contributed by atoms with Crippen LogP contribution in [0.4, 0.5) is 19.0 Å². The van der Waals surface area contributed by atoms with Gasteiger partial charge < -0.3 is 20.6 Å². The van der Waals surface area contributed by atoms with E-state index >= 15 is 0 Å². The molecular formula is C11H14F3N3O3S. The number of nitrogens with one attached hydrogen (secondary N) is 1. The molecule has 0 spiro atoms. The molecule has 118 valence electrons. The van der Waals surface area contributed by atoms with Gasteiger partial charge in [-0.05, 0) is 0 Å². The summed E-state index contributed by atoms with van der Waals surface area (Å²) in [4.78, 5) is 6.84. The molecular weight excluding hydrogens is 311 g/mol. The number of hydrogen-bond donors (Lipinski definition) is 4. The fraction of sp³-hybridized carbons (Fsp3) is 0.636. The van der Waals surface area contributed by atoms with Crippen LogP contribution in [0.3, 0.4) is 0 Å².